The highest BCUT2D eigenvalue weighted by atomic mass is 16.5. The zero-order valence-electron chi connectivity index (χ0n) is 4.32. The lowest BCUT2D eigenvalue weighted by Crippen LogP contribution is -2.26. The normalized spacial score (nSPS) is 14.0. The van der Waals surface area contributed by atoms with E-state index in [1.165, 1.54) is 0 Å². The standard InChI is InChI=1S/C4H9NO3/c5-3(2-6)1-4(7)8/h2-4,7-8H,1,5H2. The van der Waals surface area contributed by atoms with Gasteiger partial charge >= 0.3 is 0 Å². The number of aliphatic hydroxyl groups is 2. The zero-order valence-corrected chi connectivity index (χ0v) is 4.32. The maximum atomic E-state index is 9.69. The molecule has 0 aliphatic rings. The van der Waals surface area contributed by atoms with E-state index in [9.17, 15) is 4.79 Å². The highest BCUT2D eigenvalue weighted by Crippen LogP contribution is 1.87. The molecule has 0 radical (unpaired) electrons. The van der Waals surface area contributed by atoms with Crippen LogP contribution in [0.2, 0.25) is 0 Å². The Morgan fingerprint density at radius 3 is 2.25 bits per heavy atom. The van der Waals surface area contributed by atoms with E-state index in [2.05, 4.69) is 0 Å². The van der Waals surface area contributed by atoms with E-state index in [0.717, 1.165) is 0 Å². The van der Waals surface area contributed by atoms with Crippen LogP contribution in [-0.4, -0.2) is 28.8 Å². The fraction of sp³-hybridized carbons (Fsp3) is 0.750. The molecule has 0 heterocycles. The first-order chi connectivity index (χ1) is 3.66. The Balaban J connectivity index is 3.23. The summed E-state index contributed by atoms with van der Waals surface area (Å²) in [6.07, 6.45) is -1.10. The molecule has 8 heavy (non-hydrogen) atoms. The number of hydrogen-bond acceptors (Lipinski definition) is 4. The fourth-order valence-corrected chi connectivity index (χ4v) is 0.299. The van der Waals surface area contributed by atoms with E-state index in [1.807, 2.05) is 0 Å². The second-order valence-corrected chi connectivity index (χ2v) is 1.52. The topological polar surface area (TPSA) is 83.6 Å². The number of carbonyl (C=O) groups excluding carboxylic acids is 1. The Morgan fingerprint density at radius 1 is 1.62 bits per heavy atom. The van der Waals surface area contributed by atoms with Gasteiger partial charge in [-0.1, -0.05) is 0 Å². The van der Waals surface area contributed by atoms with Crippen LogP contribution in [0.3, 0.4) is 0 Å². The molecule has 1 atom stereocenters. The smallest absolute Gasteiger partial charge is 0.153 e. The van der Waals surface area contributed by atoms with Gasteiger partial charge < -0.3 is 20.7 Å². The van der Waals surface area contributed by atoms with Crippen LogP contribution in [0.4, 0.5) is 0 Å². The summed E-state index contributed by atoms with van der Waals surface area (Å²) in [6.45, 7) is 0. The Labute approximate surface area is 46.9 Å². The minimum absolute atomic E-state index is 0.0938. The van der Waals surface area contributed by atoms with E-state index in [1.54, 1.807) is 0 Å². The molecule has 0 saturated heterocycles. The van der Waals surface area contributed by atoms with E-state index in [4.69, 9.17) is 15.9 Å². The Bertz CT molecular complexity index is 73.7. The van der Waals surface area contributed by atoms with Crippen molar-refractivity contribution >= 4 is 6.29 Å². The molecule has 0 bridgehead atoms. The van der Waals surface area contributed by atoms with Crippen LogP contribution in [0.1, 0.15) is 6.42 Å². The summed E-state index contributed by atoms with van der Waals surface area (Å²) in [5.74, 6) is 0. The average molecular weight is 119 g/mol. The van der Waals surface area contributed by atoms with Gasteiger partial charge in [-0.2, -0.15) is 0 Å². The third-order valence-corrected chi connectivity index (χ3v) is 0.658. The van der Waals surface area contributed by atoms with Gasteiger partial charge in [0.05, 0.1) is 6.04 Å². The summed E-state index contributed by atoms with van der Waals surface area (Å²) in [5.41, 5.74) is 4.99. The third kappa shape index (κ3) is 3.73. The Kier molecular flexibility index (Phi) is 3.34. The second-order valence-electron chi connectivity index (χ2n) is 1.52. The van der Waals surface area contributed by atoms with Gasteiger partial charge in [-0.3, -0.25) is 0 Å². The molecule has 0 aliphatic heterocycles. The first kappa shape index (κ1) is 7.55. The number of rotatable bonds is 3. The van der Waals surface area contributed by atoms with Crippen molar-refractivity contribution in [2.24, 2.45) is 5.73 Å². The number of aliphatic hydroxyl groups excluding tert-OH is 1. The van der Waals surface area contributed by atoms with Gasteiger partial charge in [0, 0.05) is 6.42 Å². The van der Waals surface area contributed by atoms with Gasteiger partial charge in [0.1, 0.15) is 6.29 Å². The molecule has 0 saturated carbocycles. The van der Waals surface area contributed by atoms with Crippen molar-refractivity contribution in [3.05, 3.63) is 0 Å². The van der Waals surface area contributed by atoms with Crippen LogP contribution in [0.25, 0.3) is 0 Å². The SMILES string of the molecule is NC(C=O)CC(O)O. The van der Waals surface area contributed by atoms with Crippen LogP contribution in [0, 0.1) is 0 Å². The van der Waals surface area contributed by atoms with Gasteiger partial charge in [-0.25, -0.2) is 0 Å². The van der Waals surface area contributed by atoms with E-state index in [0.29, 0.717) is 6.29 Å². The zero-order chi connectivity index (χ0) is 6.57. The molecule has 4 nitrogen and oxygen atoms in total. The monoisotopic (exact) mass is 119 g/mol. The van der Waals surface area contributed by atoms with Crippen LogP contribution in [0.5, 0.6) is 0 Å². The summed E-state index contributed by atoms with van der Waals surface area (Å²) in [6, 6.07) is -0.755. The van der Waals surface area contributed by atoms with Crippen LogP contribution >= 0.6 is 0 Å². The van der Waals surface area contributed by atoms with Gasteiger partial charge in [0.15, 0.2) is 6.29 Å². The van der Waals surface area contributed by atoms with Crippen molar-refractivity contribution in [3.8, 4) is 0 Å². The maximum Gasteiger partial charge on any atom is 0.153 e. The molecule has 4 heteroatoms. The lowest BCUT2D eigenvalue weighted by molar-refractivity contribution is -0.112. The largest absolute Gasteiger partial charge is 0.368 e. The molecular weight excluding hydrogens is 110 g/mol. The molecule has 0 fully saturated rings. The molecule has 0 aliphatic carbocycles. The van der Waals surface area contributed by atoms with Crippen molar-refractivity contribution in [3.63, 3.8) is 0 Å². The summed E-state index contributed by atoms with van der Waals surface area (Å²) in [7, 11) is 0. The van der Waals surface area contributed by atoms with Gasteiger partial charge in [0.2, 0.25) is 0 Å². The predicted octanol–water partition coefficient (Wildman–Crippen LogP) is -1.79. The summed E-state index contributed by atoms with van der Waals surface area (Å²) < 4.78 is 0. The van der Waals surface area contributed by atoms with E-state index in [-0.39, 0.29) is 6.42 Å². The van der Waals surface area contributed by atoms with Crippen LogP contribution < -0.4 is 5.73 Å². The molecule has 0 spiro atoms. The minimum Gasteiger partial charge on any atom is -0.368 e. The van der Waals surface area contributed by atoms with Gasteiger partial charge in [-0.05, 0) is 0 Å². The Hall–Kier alpha value is -0.450. The summed E-state index contributed by atoms with van der Waals surface area (Å²) in [4.78, 5) is 9.69. The number of aldehydes is 1. The summed E-state index contributed by atoms with van der Waals surface area (Å²) >= 11 is 0. The first-order valence-electron chi connectivity index (χ1n) is 2.24. The molecule has 48 valence electrons. The number of carbonyl (C=O) groups is 1. The minimum atomic E-state index is -1.48. The molecule has 0 rings (SSSR count). The Morgan fingerprint density at radius 2 is 2.12 bits per heavy atom. The van der Waals surface area contributed by atoms with Crippen LogP contribution in [-0.2, 0) is 4.79 Å². The summed E-state index contributed by atoms with van der Waals surface area (Å²) in [5, 5.41) is 16.3. The quantitative estimate of drug-likeness (QED) is 0.303. The maximum absolute atomic E-state index is 9.69. The fourth-order valence-electron chi connectivity index (χ4n) is 0.299. The van der Waals surface area contributed by atoms with Gasteiger partial charge in [-0.15, -0.1) is 0 Å². The van der Waals surface area contributed by atoms with Crippen molar-refractivity contribution in [2.75, 3.05) is 0 Å². The lowest BCUT2D eigenvalue weighted by atomic mass is 10.2. The number of nitrogens with two attached hydrogens (primary N) is 1. The first-order valence-corrected chi connectivity index (χ1v) is 2.24. The predicted molar refractivity (Wildman–Crippen MR) is 26.9 cm³/mol. The van der Waals surface area contributed by atoms with Crippen molar-refractivity contribution in [2.45, 2.75) is 18.8 Å². The number of hydrogen-bond donors (Lipinski definition) is 3. The molecule has 4 N–H and O–H groups in total. The van der Waals surface area contributed by atoms with Crippen molar-refractivity contribution in [1.29, 1.82) is 0 Å². The third-order valence-electron chi connectivity index (χ3n) is 0.658. The van der Waals surface area contributed by atoms with Gasteiger partial charge in [0.25, 0.3) is 0 Å². The van der Waals surface area contributed by atoms with E-state index >= 15 is 0 Å². The van der Waals surface area contributed by atoms with Crippen molar-refractivity contribution < 1.29 is 15.0 Å². The second kappa shape index (κ2) is 3.54. The molecule has 0 aromatic rings. The van der Waals surface area contributed by atoms with E-state index < -0.39 is 12.3 Å². The molecule has 0 amide bonds. The average Bonchev–Trinajstić information content (AvgIpc) is 1.65. The van der Waals surface area contributed by atoms with Crippen LogP contribution in [0.15, 0.2) is 0 Å². The molecule has 0 aromatic carbocycles. The highest BCUT2D eigenvalue weighted by molar-refractivity contribution is 5.56. The highest BCUT2D eigenvalue weighted by Gasteiger charge is 2.04. The molecular formula is C4H9NO3. The van der Waals surface area contributed by atoms with Crippen molar-refractivity contribution in [1.82, 2.24) is 0 Å². The molecule has 0 aromatic heterocycles. The molecule has 1 unspecified atom stereocenters. The lowest BCUT2D eigenvalue weighted by Gasteiger charge is -2.03.